The Hall–Kier alpha value is -2.44. The van der Waals surface area contributed by atoms with E-state index < -0.39 is 0 Å². The van der Waals surface area contributed by atoms with Gasteiger partial charge in [-0.1, -0.05) is 30.3 Å². The Morgan fingerprint density at radius 2 is 2.19 bits per heavy atom. The van der Waals surface area contributed by atoms with Crippen LogP contribution in [0.1, 0.15) is 33.0 Å². The first-order valence-corrected chi connectivity index (χ1v) is 9.78. The lowest BCUT2D eigenvalue weighted by Gasteiger charge is -2.07. The number of nitrogens with one attached hydrogen (secondary N) is 2. The van der Waals surface area contributed by atoms with E-state index >= 15 is 0 Å². The van der Waals surface area contributed by atoms with Crippen molar-refractivity contribution in [3.63, 3.8) is 0 Å². The molecule has 0 fully saturated rings. The summed E-state index contributed by atoms with van der Waals surface area (Å²) in [5, 5.41) is 13.0. The molecule has 0 unspecified atom stereocenters. The fraction of sp³-hybridized carbons (Fsp3) is 0.300. The molecule has 0 radical (unpaired) electrons. The highest BCUT2D eigenvalue weighted by molar-refractivity contribution is 7.10. The van der Waals surface area contributed by atoms with Crippen molar-refractivity contribution in [1.82, 2.24) is 20.4 Å². The van der Waals surface area contributed by atoms with Crippen molar-refractivity contribution in [2.45, 2.75) is 33.0 Å². The Morgan fingerprint density at radius 3 is 3.04 bits per heavy atom. The lowest BCUT2D eigenvalue weighted by Crippen LogP contribution is -2.23. The number of carbonyl (C=O) groups excluding carboxylic acids is 1. The van der Waals surface area contributed by atoms with Gasteiger partial charge in [0.25, 0.3) is 5.91 Å². The highest BCUT2D eigenvalue weighted by Gasteiger charge is 2.18. The van der Waals surface area contributed by atoms with Crippen LogP contribution in [0.3, 0.4) is 0 Å². The van der Waals surface area contributed by atoms with Crippen LogP contribution < -0.4 is 10.6 Å². The second kappa shape index (κ2) is 7.43. The predicted octanol–water partition coefficient (Wildman–Crippen LogP) is 3.34. The zero-order chi connectivity index (χ0) is 17.9. The van der Waals surface area contributed by atoms with Crippen molar-refractivity contribution < 1.29 is 4.79 Å². The summed E-state index contributed by atoms with van der Waals surface area (Å²) in [5.41, 5.74) is 4.93. The number of aromatic nitrogens is 2. The molecule has 0 saturated heterocycles. The Balaban J connectivity index is 1.50. The number of amides is 1. The second-order valence-corrected chi connectivity index (χ2v) is 7.59. The van der Waals surface area contributed by atoms with E-state index in [0.29, 0.717) is 6.54 Å². The highest BCUT2D eigenvalue weighted by atomic mass is 32.1. The van der Waals surface area contributed by atoms with Crippen molar-refractivity contribution in [3.8, 4) is 11.1 Å². The zero-order valence-electron chi connectivity index (χ0n) is 14.8. The maximum atomic E-state index is 12.8. The molecule has 0 spiro atoms. The Bertz CT molecular complexity index is 890. The lowest BCUT2D eigenvalue weighted by molar-refractivity contribution is 0.0951. The number of hydrogen-bond acceptors (Lipinski definition) is 4. The van der Waals surface area contributed by atoms with Crippen LogP contribution in [0.15, 0.2) is 41.8 Å². The van der Waals surface area contributed by atoms with Crippen LogP contribution in [0.25, 0.3) is 11.1 Å². The molecule has 1 aromatic carbocycles. The van der Waals surface area contributed by atoms with Gasteiger partial charge in [-0.2, -0.15) is 5.10 Å². The van der Waals surface area contributed by atoms with E-state index in [0.717, 1.165) is 53.3 Å². The molecule has 0 aliphatic carbocycles. The smallest absolute Gasteiger partial charge is 0.253 e. The van der Waals surface area contributed by atoms with E-state index in [1.807, 2.05) is 40.4 Å². The third-order valence-corrected chi connectivity index (χ3v) is 5.57. The molecule has 3 heterocycles. The monoisotopic (exact) mass is 366 g/mol. The minimum absolute atomic E-state index is 0.0467. The SMILES string of the molecule is Cc1scc(C(=O)NCc2cc3n(n2)CCCNC3)c1-c1ccccc1. The van der Waals surface area contributed by atoms with Gasteiger partial charge in [0.15, 0.2) is 0 Å². The van der Waals surface area contributed by atoms with E-state index in [4.69, 9.17) is 0 Å². The van der Waals surface area contributed by atoms with Crippen molar-refractivity contribution in [2.75, 3.05) is 6.54 Å². The molecule has 1 amide bonds. The number of hydrogen-bond donors (Lipinski definition) is 2. The number of thiophene rings is 1. The Kier molecular flexibility index (Phi) is 4.86. The van der Waals surface area contributed by atoms with Gasteiger partial charge in [-0.25, -0.2) is 0 Å². The van der Waals surface area contributed by atoms with Gasteiger partial charge in [-0.05, 0) is 31.5 Å². The quantitative estimate of drug-likeness (QED) is 0.744. The number of benzene rings is 1. The van der Waals surface area contributed by atoms with Gasteiger partial charge in [0.1, 0.15) is 0 Å². The van der Waals surface area contributed by atoms with Gasteiger partial charge in [0.2, 0.25) is 0 Å². The van der Waals surface area contributed by atoms with Gasteiger partial charge in [-0.15, -0.1) is 11.3 Å². The summed E-state index contributed by atoms with van der Waals surface area (Å²) in [7, 11) is 0. The molecule has 4 rings (SSSR count). The van der Waals surface area contributed by atoms with E-state index in [9.17, 15) is 4.79 Å². The van der Waals surface area contributed by atoms with Crippen LogP contribution in [0, 0.1) is 6.92 Å². The van der Waals surface area contributed by atoms with Crippen molar-refractivity contribution in [2.24, 2.45) is 0 Å². The molecule has 3 aromatic rings. The van der Waals surface area contributed by atoms with E-state index in [1.54, 1.807) is 11.3 Å². The van der Waals surface area contributed by atoms with Crippen LogP contribution in [0.5, 0.6) is 0 Å². The maximum absolute atomic E-state index is 12.8. The average Bonchev–Trinajstić information content (AvgIpc) is 3.17. The molecular weight excluding hydrogens is 344 g/mol. The molecule has 2 N–H and O–H groups in total. The number of nitrogens with zero attached hydrogens (tertiary/aromatic N) is 2. The van der Waals surface area contributed by atoms with Crippen LogP contribution in [-0.2, 0) is 19.6 Å². The number of rotatable bonds is 4. The van der Waals surface area contributed by atoms with Crippen LogP contribution in [0.2, 0.25) is 0 Å². The summed E-state index contributed by atoms with van der Waals surface area (Å²) >= 11 is 1.61. The summed E-state index contributed by atoms with van der Waals surface area (Å²) < 4.78 is 2.05. The summed E-state index contributed by atoms with van der Waals surface area (Å²) in [6, 6.07) is 12.2. The minimum atomic E-state index is -0.0467. The fourth-order valence-electron chi connectivity index (χ4n) is 3.36. The predicted molar refractivity (Wildman–Crippen MR) is 104 cm³/mol. The minimum Gasteiger partial charge on any atom is -0.346 e. The van der Waals surface area contributed by atoms with Gasteiger partial charge in [-0.3, -0.25) is 9.48 Å². The first kappa shape index (κ1) is 17.0. The third-order valence-electron chi connectivity index (χ3n) is 4.66. The van der Waals surface area contributed by atoms with Crippen molar-refractivity contribution in [1.29, 1.82) is 0 Å². The van der Waals surface area contributed by atoms with Gasteiger partial charge in [0, 0.05) is 28.9 Å². The largest absolute Gasteiger partial charge is 0.346 e. The molecular formula is C20H22N4OS. The molecule has 134 valence electrons. The standard InChI is InChI=1S/C20H22N4OS/c1-14-19(15-6-3-2-4-7-15)18(13-26-14)20(25)22-11-16-10-17-12-21-8-5-9-24(17)23-16/h2-4,6-7,10,13,21H,5,8-9,11-12H2,1H3,(H,22,25). The second-order valence-electron chi connectivity index (χ2n) is 6.51. The topological polar surface area (TPSA) is 59.0 Å². The fourth-order valence-corrected chi connectivity index (χ4v) is 4.22. The molecule has 0 saturated carbocycles. The van der Waals surface area contributed by atoms with Crippen molar-refractivity contribution in [3.05, 3.63) is 63.6 Å². The molecule has 6 heteroatoms. The van der Waals surface area contributed by atoms with Gasteiger partial charge >= 0.3 is 0 Å². The summed E-state index contributed by atoms with van der Waals surface area (Å²) in [5.74, 6) is -0.0467. The van der Waals surface area contributed by atoms with E-state index in [1.165, 1.54) is 5.69 Å². The molecule has 5 nitrogen and oxygen atoms in total. The van der Waals surface area contributed by atoms with Crippen LogP contribution >= 0.6 is 11.3 Å². The molecule has 2 aromatic heterocycles. The molecule has 26 heavy (non-hydrogen) atoms. The molecule has 0 atom stereocenters. The highest BCUT2D eigenvalue weighted by Crippen LogP contribution is 2.32. The summed E-state index contributed by atoms with van der Waals surface area (Å²) in [6.45, 7) is 5.29. The van der Waals surface area contributed by atoms with E-state index in [2.05, 4.69) is 28.7 Å². The number of carbonyl (C=O) groups is 1. The first-order chi connectivity index (χ1) is 12.7. The first-order valence-electron chi connectivity index (χ1n) is 8.90. The van der Waals surface area contributed by atoms with Crippen LogP contribution in [-0.4, -0.2) is 22.2 Å². The van der Waals surface area contributed by atoms with Gasteiger partial charge < -0.3 is 10.6 Å². The summed E-state index contributed by atoms with van der Waals surface area (Å²) in [4.78, 5) is 13.9. The maximum Gasteiger partial charge on any atom is 0.253 e. The number of fused-ring (bicyclic) bond motifs is 1. The molecule has 1 aliphatic heterocycles. The Morgan fingerprint density at radius 1 is 1.35 bits per heavy atom. The third kappa shape index (κ3) is 3.43. The molecule has 1 aliphatic rings. The van der Waals surface area contributed by atoms with Gasteiger partial charge in [0.05, 0.1) is 23.5 Å². The number of aryl methyl sites for hydroxylation is 2. The normalized spacial score (nSPS) is 13.9. The average molecular weight is 366 g/mol. The van der Waals surface area contributed by atoms with Crippen molar-refractivity contribution >= 4 is 17.2 Å². The summed E-state index contributed by atoms with van der Waals surface area (Å²) in [6.07, 6.45) is 1.08. The lowest BCUT2D eigenvalue weighted by atomic mass is 10.0. The van der Waals surface area contributed by atoms with Crippen LogP contribution in [0.4, 0.5) is 0 Å². The zero-order valence-corrected chi connectivity index (χ0v) is 15.6. The molecule has 0 bridgehead atoms. The van der Waals surface area contributed by atoms with E-state index in [-0.39, 0.29) is 5.91 Å². The Labute approximate surface area is 157 Å².